The number of carboxylic acid groups (broad SMARTS) is 3. The Bertz CT molecular complexity index is 1840. The number of nitrogens with zero attached hydrogens (tertiary/aromatic N) is 4. The molecule has 246 valence electrons. The summed E-state index contributed by atoms with van der Waals surface area (Å²) in [7, 11) is 0. The van der Waals surface area contributed by atoms with Gasteiger partial charge in [0.05, 0.1) is 33.4 Å². The van der Waals surface area contributed by atoms with Gasteiger partial charge in [0.15, 0.2) is 10.8 Å². The van der Waals surface area contributed by atoms with Gasteiger partial charge in [0.1, 0.15) is 22.9 Å². The quantitative estimate of drug-likeness (QED) is 0.0312. The van der Waals surface area contributed by atoms with Crippen LogP contribution in [0.4, 0.5) is 5.13 Å². The molecule has 4 heterocycles. The largest absolute Gasteiger partial charge is 1.00 e. The van der Waals surface area contributed by atoms with E-state index in [4.69, 9.17) is 10.6 Å². The van der Waals surface area contributed by atoms with Crippen molar-refractivity contribution < 1.29 is 143 Å². The minimum absolute atomic E-state index is 0. The topological polar surface area (TPSA) is 284 Å². The first-order valence-corrected chi connectivity index (χ1v) is 17.3. The van der Waals surface area contributed by atoms with E-state index in [1.807, 2.05) is 0 Å². The van der Waals surface area contributed by atoms with Crippen LogP contribution in [0.1, 0.15) is 16.1 Å². The summed E-state index contributed by atoms with van der Waals surface area (Å²) in [5.74, 6) is -7.68. The second-order valence-electron chi connectivity index (χ2n) is 9.22. The third-order valence-corrected chi connectivity index (χ3v) is 11.5. The summed E-state index contributed by atoms with van der Waals surface area (Å²) in [6.45, 7) is 0. The van der Waals surface area contributed by atoms with Crippen LogP contribution in [-0.4, -0.2) is 88.3 Å². The van der Waals surface area contributed by atoms with Gasteiger partial charge >= 0.3 is 88.7 Å². The number of carboxylic acids is 3. The number of benzene rings is 1. The number of amides is 2. The van der Waals surface area contributed by atoms with E-state index in [2.05, 4.69) is 19.8 Å². The number of nitrogen functional groups attached to an aromatic ring is 1. The van der Waals surface area contributed by atoms with Gasteiger partial charge in [0, 0.05) is 21.8 Å². The maximum atomic E-state index is 13.4. The monoisotopic (exact) mass is 806 g/mol. The van der Waals surface area contributed by atoms with Gasteiger partial charge in [-0.15, -0.1) is 34.9 Å². The van der Waals surface area contributed by atoms with Gasteiger partial charge in [-0.05, 0) is 41.4 Å². The van der Waals surface area contributed by atoms with Crippen molar-refractivity contribution in [1.29, 1.82) is 0 Å². The number of aromatic nitrogens is 2. The Hall–Kier alpha value is -1.51. The van der Waals surface area contributed by atoms with Crippen molar-refractivity contribution in [2.24, 2.45) is 5.16 Å². The first kappa shape index (κ1) is 44.7. The number of aromatic carboxylic acids is 1. The number of hydrogen-bond acceptors (Lipinski definition) is 20. The van der Waals surface area contributed by atoms with Crippen molar-refractivity contribution in [3.8, 4) is 11.6 Å². The number of fused-ring (bicyclic) bond motifs is 1. The van der Waals surface area contributed by atoms with E-state index in [9.17, 15) is 49.5 Å². The molecule has 5 rings (SSSR count). The number of phenols is 1. The number of anilines is 1. The van der Waals surface area contributed by atoms with Crippen LogP contribution >= 0.6 is 58.2 Å². The Morgan fingerprint density at radius 1 is 1.12 bits per heavy atom. The number of aromatic hydroxyl groups is 2. The summed E-state index contributed by atoms with van der Waals surface area (Å²) in [5.41, 5.74) is 2.54. The van der Waals surface area contributed by atoms with Crippen molar-refractivity contribution >= 4 is 98.7 Å². The molecule has 2 aromatic heterocycles. The fourth-order valence-corrected chi connectivity index (χ4v) is 8.78. The molecule has 0 saturated carbocycles. The van der Waals surface area contributed by atoms with E-state index in [0.717, 1.165) is 39.8 Å². The molecule has 0 radical (unpaired) electrons. The van der Waals surface area contributed by atoms with Gasteiger partial charge in [-0.1, -0.05) is 16.9 Å². The molecule has 0 spiro atoms. The predicted octanol–water partition coefficient (Wildman–Crippen LogP) is -11.2. The maximum Gasteiger partial charge on any atom is 1.00 e. The number of hydrogen-bond donors (Lipinski definition) is 4. The van der Waals surface area contributed by atoms with E-state index in [1.54, 1.807) is 0 Å². The zero-order valence-electron chi connectivity index (χ0n) is 26.0. The van der Waals surface area contributed by atoms with Crippen LogP contribution in [0.2, 0.25) is 0 Å². The second-order valence-corrected chi connectivity index (χ2v) is 14.4. The molecule has 1 saturated heterocycles. The average molecular weight is 807 g/mol. The minimum atomic E-state index is -1.75. The molecule has 0 aliphatic carbocycles. The summed E-state index contributed by atoms with van der Waals surface area (Å²) in [6.07, 6.45) is 0. The van der Waals surface area contributed by atoms with Gasteiger partial charge in [0.25, 0.3) is 11.8 Å². The molecule has 5 N–H and O–H groups in total. The van der Waals surface area contributed by atoms with Crippen molar-refractivity contribution in [2.75, 3.05) is 17.2 Å². The molecule has 2 amide bonds. The Balaban J connectivity index is 0.00000289. The van der Waals surface area contributed by atoms with Crippen LogP contribution in [0.25, 0.3) is 0 Å². The molecule has 0 unspecified atom stereocenters. The van der Waals surface area contributed by atoms with E-state index in [1.165, 1.54) is 29.6 Å². The number of thioether (sulfide) groups is 3. The van der Waals surface area contributed by atoms with Crippen LogP contribution in [0.15, 0.2) is 55.2 Å². The fourth-order valence-electron chi connectivity index (χ4n) is 4.15. The van der Waals surface area contributed by atoms with Crippen molar-refractivity contribution in [3.63, 3.8) is 0 Å². The second kappa shape index (κ2) is 19.5. The Morgan fingerprint density at radius 3 is 2.38 bits per heavy atom. The number of nitrogens with two attached hydrogens (primary N) is 1. The van der Waals surface area contributed by atoms with Gasteiger partial charge in [-0.25, -0.2) is 4.98 Å². The predicted molar refractivity (Wildman–Crippen MR) is 163 cm³/mol. The van der Waals surface area contributed by atoms with Crippen LogP contribution in [0, 0.1) is 0 Å². The number of thiazole rings is 1. The Labute approximate surface area is 368 Å². The zero-order valence-corrected chi connectivity index (χ0v) is 36.1. The van der Waals surface area contributed by atoms with Crippen molar-refractivity contribution in [2.45, 2.75) is 26.0 Å². The molecule has 1 aromatic carbocycles. The van der Waals surface area contributed by atoms with Crippen LogP contribution < -0.4 is 115 Å². The fraction of sp³-hybridized carbons (Fsp3) is 0.200. The smallest absolute Gasteiger partial charge is 0.545 e. The van der Waals surface area contributed by atoms with Gasteiger partial charge < -0.3 is 55.8 Å². The number of nitrogens with one attached hydrogen (secondary N) is 1. The summed E-state index contributed by atoms with van der Waals surface area (Å²) in [5, 5.41) is 61.0. The van der Waals surface area contributed by atoms with Crippen LogP contribution in [0.3, 0.4) is 0 Å². The average Bonchev–Trinajstić information content (AvgIpc) is 3.63. The van der Waals surface area contributed by atoms with Crippen molar-refractivity contribution in [3.05, 3.63) is 52.2 Å². The molecule has 25 heteroatoms. The number of carbonyl (C=O) groups is 5. The summed E-state index contributed by atoms with van der Waals surface area (Å²) in [4.78, 5) is 72.2. The zero-order chi connectivity index (χ0) is 34.0. The van der Waals surface area contributed by atoms with Crippen molar-refractivity contribution in [1.82, 2.24) is 19.6 Å². The van der Waals surface area contributed by atoms with E-state index in [-0.39, 0.29) is 127 Å². The molecule has 0 bridgehead atoms. The molecular weight excluding hydrogens is 790 g/mol. The SMILES string of the molecule is Nc1nc(/C(=N/O[C@H](Sc2ccc(O)cc2)C(=O)[O-])C(=O)N[C@@H]2C(=O)N3C(C(=O)[O-])=C(CSc4snc(O)c4C(=O)[O-])CS[C@@H]23)cs1.[Na+].[Na+].[Na+]. The molecule has 3 aromatic rings. The van der Waals surface area contributed by atoms with E-state index < -0.39 is 69.4 Å². The van der Waals surface area contributed by atoms with Gasteiger partial charge in [0.2, 0.25) is 11.3 Å². The number of β-lactam (4-membered cyclic amide) rings is 1. The maximum absolute atomic E-state index is 13.4. The number of phenolic OH excluding ortho intramolecular Hbond substituents is 1. The number of rotatable bonds is 13. The first-order valence-electron chi connectivity index (χ1n) is 12.7. The molecular formula is C25H17N6Na3O11S5. The third-order valence-electron chi connectivity index (χ3n) is 6.24. The molecule has 17 nitrogen and oxygen atoms in total. The Morgan fingerprint density at radius 2 is 1.80 bits per heavy atom. The van der Waals surface area contributed by atoms with Gasteiger partial charge in [-0.2, -0.15) is 4.37 Å². The number of oxime groups is 1. The normalized spacial score (nSPS) is 17.2. The molecule has 2 aliphatic rings. The first-order chi connectivity index (χ1) is 22.3. The molecule has 1 fully saturated rings. The molecule has 2 aliphatic heterocycles. The summed E-state index contributed by atoms with van der Waals surface area (Å²) >= 11 is 4.26. The molecule has 3 atom stereocenters. The van der Waals surface area contributed by atoms with E-state index >= 15 is 0 Å². The number of aliphatic carboxylic acids is 2. The summed E-state index contributed by atoms with van der Waals surface area (Å²) in [6, 6.07) is 4.23. The standard InChI is InChI=1S/C25H20N6O11S5.3Na/c26-25-27-11(7-45-25)13(29-42-23(22(40)41)46-10-3-1-9(32)2-4-10)17(34)28-14-18(35)31-15(21(38)39)8(5-43-19(14)31)6-44-24-12(20(36)37)16(33)30-47-24;;;/h1-4,7,14,19,23,32H,5-6H2,(H2,26,27)(H,28,34)(H,30,33)(H,36,37)(H,38,39)(H,40,41);;;/q;3*+1/p-3/b29-13-;;;/t14-,19+,23-;;;/m1.../s1. The minimum Gasteiger partial charge on any atom is -0.545 e. The molecule has 50 heavy (non-hydrogen) atoms. The van der Waals surface area contributed by atoms with E-state index in [0.29, 0.717) is 28.2 Å². The Kier molecular flexibility index (Phi) is 17.4. The van der Waals surface area contributed by atoms with Crippen LogP contribution in [0.5, 0.6) is 11.6 Å². The van der Waals surface area contributed by atoms with Crippen LogP contribution in [-0.2, 0) is 24.0 Å². The number of carbonyl (C=O) groups excluding carboxylic acids is 5. The summed E-state index contributed by atoms with van der Waals surface area (Å²) < 4.78 is 3.63. The van der Waals surface area contributed by atoms with Gasteiger partial charge in [-0.3, -0.25) is 14.5 Å². The third kappa shape index (κ3) is 10.1.